The monoisotopic (exact) mass is 594 g/mol. The number of alkyl halides is 6. The molecular weight excluding hydrogens is 562 g/mol. The van der Waals surface area contributed by atoms with Crippen LogP contribution in [0.3, 0.4) is 0 Å². The van der Waals surface area contributed by atoms with E-state index in [9.17, 15) is 31.1 Å². The molecule has 1 aliphatic rings. The Morgan fingerprint density at radius 3 is 2.02 bits per heavy atom. The molecule has 9 nitrogen and oxygen atoms in total. The molecule has 0 spiro atoms. The van der Waals surface area contributed by atoms with Gasteiger partial charge in [-0.15, -0.1) is 0 Å². The Hall–Kier alpha value is -3.72. The number of H-pyrrole nitrogens is 1. The lowest BCUT2D eigenvalue weighted by Crippen LogP contribution is -2.24. The third-order valence-corrected chi connectivity index (χ3v) is 5.70. The molecule has 0 unspecified atom stereocenters. The molecule has 0 aliphatic heterocycles. The summed E-state index contributed by atoms with van der Waals surface area (Å²) in [5, 5.41) is 14.2. The maximum absolute atomic E-state index is 11.7. The summed E-state index contributed by atoms with van der Waals surface area (Å²) < 4.78 is 63.5. The predicted molar refractivity (Wildman–Crippen MR) is 138 cm³/mol. The number of hydrogen-bond acceptors (Lipinski definition) is 6. The Labute approximate surface area is 231 Å². The number of halogens is 6. The second kappa shape index (κ2) is 16.5. The van der Waals surface area contributed by atoms with E-state index in [0.717, 1.165) is 25.2 Å². The van der Waals surface area contributed by atoms with Crippen molar-refractivity contribution in [1.82, 2.24) is 14.9 Å². The molecule has 15 heteroatoms. The van der Waals surface area contributed by atoms with Crippen molar-refractivity contribution >= 4 is 11.9 Å². The van der Waals surface area contributed by atoms with Crippen LogP contribution in [0.2, 0.25) is 0 Å². The number of allylic oxidation sites excluding steroid dienone is 1. The third kappa shape index (κ3) is 14.0. The molecule has 0 bridgehead atoms. The Morgan fingerprint density at radius 1 is 1.02 bits per heavy atom. The summed E-state index contributed by atoms with van der Waals surface area (Å²) in [6.07, 6.45) is -1.31. The van der Waals surface area contributed by atoms with Crippen molar-refractivity contribution in [3.8, 4) is 11.4 Å². The van der Waals surface area contributed by atoms with Crippen molar-refractivity contribution in [2.45, 2.75) is 64.5 Å². The Bertz CT molecular complexity index is 1190. The molecule has 0 saturated heterocycles. The summed E-state index contributed by atoms with van der Waals surface area (Å²) in [5.41, 5.74) is 9.86. The summed E-state index contributed by atoms with van der Waals surface area (Å²) in [4.78, 5) is 39.2. The van der Waals surface area contributed by atoms with Gasteiger partial charge in [-0.3, -0.25) is 9.69 Å². The Morgan fingerprint density at radius 2 is 1.59 bits per heavy atom. The fourth-order valence-corrected chi connectivity index (χ4v) is 3.56. The van der Waals surface area contributed by atoms with Crippen LogP contribution in [-0.4, -0.2) is 62.5 Å². The minimum atomic E-state index is -5.08. The van der Waals surface area contributed by atoms with Crippen molar-refractivity contribution in [3.05, 3.63) is 63.6 Å². The second-order valence-electron chi connectivity index (χ2n) is 8.82. The van der Waals surface area contributed by atoms with Crippen LogP contribution in [0.5, 0.6) is 0 Å². The number of benzene rings is 1. The quantitative estimate of drug-likeness (QED) is 0.250. The number of carboxylic acids is 2. The summed E-state index contributed by atoms with van der Waals surface area (Å²) in [5.74, 6) is -4.94. The molecule has 0 atom stereocenters. The zero-order chi connectivity index (χ0) is 31.2. The Kier molecular flexibility index (Phi) is 14.2. The summed E-state index contributed by atoms with van der Waals surface area (Å²) in [7, 11) is 0. The number of hydrogen-bond donors (Lipinski definition) is 4. The molecule has 3 rings (SSSR count). The number of aliphatic carboxylic acids is 2. The number of nitrogens with one attached hydrogen (secondary N) is 1. The van der Waals surface area contributed by atoms with E-state index in [-0.39, 0.29) is 12.1 Å². The van der Waals surface area contributed by atoms with E-state index >= 15 is 0 Å². The summed E-state index contributed by atoms with van der Waals surface area (Å²) in [6.45, 7) is 5.57. The minimum absolute atomic E-state index is 0.168. The van der Waals surface area contributed by atoms with Crippen LogP contribution in [0.4, 0.5) is 26.3 Å². The lowest BCUT2D eigenvalue weighted by Gasteiger charge is -2.22. The average molecular weight is 595 g/mol. The fourth-order valence-electron chi connectivity index (χ4n) is 3.56. The smallest absolute Gasteiger partial charge is 0.475 e. The maximum Gasteiger partial charge on any atom is 0.490 e. The topological polar surface area (TPSA) is 150 Å². The van der Waals surface area contributed by atoms with Gasteiger partial charge >= 0.3 is 24.3 Å². The Balaban J connectivity index is 0.000000497. The standard InChI is InChI=1S/C22H30N4O.2C2HF3O2/c1-2-26(13-12-17-6-4-3-5-7-17)16-18-8-10-19(11-9-18)22-24-20(15-23)14-21(27)25-22;2*3-2(4,5)1(6)7/h6,8-11,14H,2-5,7,12-13,15-16,23H2,1H3,(H,24,25,27);2*(H,6,7). The number of rotatable bonds is 8. The first-order chi connectivity index (χ1) is 19.1. The van der Waals surface area contributed by atoms with Crippen LogP contribution in [-0.2, 0) is 22.7 Å². The van der Waals surface area contributed by atoms with Gasteiger partial charge in [-0.25, -0.2) is 14.6 Å². The molecule has 2 aromatic rings. The van der Waals surface area contributed by atoms with E-state index in [2.05, 4.69) is 40.0 Å². The van der Waals surface area contributed by atoms with Crippen molar-refractivity contribution in [1.29, 1.82) is 0 Å². The van der Waals surface area contributed by atoms with E-state index in [1.165, 1.54) is 43.7 Å². The van der Waals surface area contributed by atoms with E-state index in [1.807, 2.05) is 12.1 Å². The van der Waals surface area contributed by atoms with Gasteiger partial charge in [-0.2, -0.15) is 26.3 Å². The zero-order valence-corrected chi connectivity index (χ0v) is 22.2. The number of aromatic nitrogens is 2. The van der Waals surface area contributed by atoms with Gasteiger partial charge in [0.1, 0.15) is 5.82 Å². The van der Waals surface area contributed by atoms with E-state index < -0.39 is 24.3 Å². The van der Waals surface area contributed by atoms with Crippen LogP contribution < -0.4 is 11.3 Å². The normalized spacial score (nSPS) is 13.3. The van der Waals surface area contributed by atoms with Crippen molar-refractivity contribution in [2.75, 3.05) is 13.1 Å². The van der Waals surface area contributed by atoms with Gasteiger partial charge in [0.15, 0.2) is 0 Å². The highest BCUT2D eigenvalue weighted by molar-refractivity contribution is 5.73. The molecule has 228 valence electrons. The lowest BCUT2D eigenvalue weighted by atomic mass is 9.97. The molecular formula is C26H32F6N4O5. The number of nitrogens with zero attached hydrogens (tertiary/aromatic N) is 2. The lowest BCUT2D eigenvalue weighted by molar-refractivity contribution is -0.193. The van der Waals surface area contributed by atoms with Crippen molar-refractivity contribution < 1.29 is 46.1 Å². The first-order valence-corrected chi connectivity index (χ1v) is 12.5. The first-order valence-electron chi connectivity index (χ1n) is 12.5. The van der Waals surface area contributed by atoms with E-state index in [0.29, 0.717) is 11.5 Å². The minimum Gasteiger partial charge on any atom is -0.475 e. The molecule has 1 heterocycles. The zero-order valence-electron chi connectivity index (χ0n) is 22.2. The van der Waals surface area contributed by atoms with Gasteiger partial charge in [0.05, 0.1) is 5.69 Å². The summed E-state index contributed by atoms with van der Waals surface area (Å²) in [6, 6.07) is 9.72. The SMILES string of the molecule is CCN(CCC1=CCCCC1)Cc1ccc(-c2nc(CN)cc(=O)[nH]2)cc1.O=C(O)C(F)(F)F.O=C(O)C(F)(F)F. The first kappa shape index (κ1) is 35.3. The predicted octanol–water partition coefficient (Wildman–Crippen LogP) is 4.87. The molecule has 41 heavy (non-hydrogen) atoms. The highest BCUT2D eigenvalue weighted by Crippen LogP contribution is 2.21. The van der Waals surface area contributed by atoms with Crippen LogP contribution >= 0.6 is 0 Å². The molecule has 0 fully saturated rings. The third-order valence-electron chi connectivity index (χ3n) is 5.70. The van der Waals surface area contributed by atoms with Crippen LogP contribution in [0.15, 0.2) is 46.8 Å². The van der Waals surface area contributed by atoms with Crippen LogP contribution in [0.1, 0.15) is 50.3 Å². The molecule has 0 saturated carbocycles. The second-order valence-corrected chi connectivity index (χ2v) is 8.82. The molecule has 1 aliphatic carbocycles. The number of aromatic amines is 1. The number of nitrogens with two attached hydrogens (primary N) is 1. The maximum atomic E-state index is 11.7. The highest BCUT2D eigenvalue weighted by atomic mass is 19.4. The molecule has 5 N–H and O–H groups in total. The van der Waals surface area contributed by atoms with Crippen LogP contribution in [0.25, 0.3) is 11.4 Å². The molecule has 0 amide bonds. The molecule has 1 aromatic heterocycles. The van der Waals surface area contributed by atoms with Crippen molar-refractivity contribution in [2.24, 2.45) is 5.73 Å². The van der Waals surface area contributed by atoms with Crippen molar-refractivity contribution in [3.63, 3.8) is 0 Å². The summed E-state index contributed by atoms with van der Waals surface area (Å²) >= 11 is 0. The molecule has 0 radical (unpaired) electrons. The molecule has 1 aromatic carbocycles. The van der Waals surface area contributed by atoms with Gasteiger partial charge in [0, 0.05) is 31.3 Å². The van der Waals surface area contributed by atoms with E-state index in [4.69, 9.17) is 25.5 Å². The fraction of sp³-hybridized carbons (Fsp3) is 0.462. The van der Waals surface area contributed by atoms with Crippen LogP contribution in [0, 0.1) is 0 Å². The van der Waals surface area contributed by atoms with E-state index in [1.54, 1.807) is 5.57 Å². The number of carbonyl (C=O) groups is 2. The van der Waals surface area contributed by atoms with Gasteiger partial charge in [-0.1, -0.05) is 42.8 Å². The van der Waals surface area contributed by atoms with Gasteiger partial charge in [0.2, 0.25) is 0 Å². The highest BCUT2D eigenvalue weighted by Gasteiger charge is 2.38. The van der Waals surface area contributed by atoms with Gasteiger partial charge in [-0.05, 0) is 44.2 Å². The largest absolute Gasteiger partial charge is 0.490 e. The average Bonchev–Trinajstić information content (AvgIpc) is 2.91. The van der Waals surface area contributed by atoms with Gasteiger partial charge in [0.25, 0.3) is 5.56 Å². The number of carboxylic acid groups (broad SMARTS) is 2. The van der Waals surface area contributed by atoms with Gasteiger partial charge < -0.3 is 20.9 Å².